The Balaban J connectivity index is 2.02. The average Bonchev–Trinajstić information content (AvgIpc) is 3.09. The highest BCUT2D eigenvalue weighted by Crippen LogP contribution is 2.36. The number of amides is 1. The Morgan fingerprint density at radius 3 is 2.73 bits per heavy atom. The molecule has 0 atom stereocenters. The molecule has 1 aliphatic rings. The van der Waals surface area contributed by atoms with E-state index < -0.39 is 0 Å². The van der Waals surface area contributed by atoms with E-state index in [0.717, 1.165) is 5.75 Å². The molecule has 1 aromatic heterocycles. The smallest absolute Gasteiger partial charge is 0.263 e. The largest absolute Gasteiger partial charge is 0.360 e. The van der Waals surface area contributed by atoms with Crippen LogP contribution in [-0.2, 0) is 0 Å². The van der Waals surface area contributed by atoms with Crippen LogP contribution in [0, 0.1) is 6.92 Å². The quantitative estimate of drug-likeness (QED) is 0.889. The Morgan fingerprint density at radius 2 is 2.09 bits per heavy atom. The van der Waals surface area contributed by atoms with Crippen molar-refractivity contribution >= 4 is 46.0 Å². The van der Waals surface area contributed by atoms with Crippen LogP contribution in [0.2, 0.25) is 10.0 Å². The SMILES string of the molecule is Cc1onc(-c2c(Cl)cccc2Cl)c1C(=O)NC1=NCCS1. The molecule has 0 saturated carbocycles. The molecule has 0 aliphatic carbocycles. The van der Waals surface area contributed by atoms with Gasteiger partial charge in [-0.05, 0) is 19.1 Å². The van der Waals surface area contributed by atoms with Crippen molar-refractivity contribution in [2.24, 2.45) is 4.99 Å². The predicted molar refractivity (Wildman–Crippen MR) is 88.9 cm³/mol. The fourth-order valence-electron chi connectivity index (χ4n) is 2.10. The summed E-state index contributed by atoms with van der Waals surface area (Å²) < 4.78 is 5.17. The summed E-state index contributed by atoms with van der Waals surface area (Å²) in [4.78, 5) is 16.7. The van der Waals surface area contributed by atoms with Gasteiger partial charge in [-0.2, -0.15) is 0 Å². The molecule has 0 saturated heterocycles. The predicted octanol–water partition coefficient (Wildman–Crippen LogP) is 3.79. The van der Waals surface area contributed by atoms with Gasteiger partial charge in [0.15, 0.2) is 5.17 Å². The molecular weight excluding hydrogens is 345 g/mol. The molecule has 0 unspecified atom stereocenters. The number of carbonyl (C=O) groups excluding carboxylic acids is 1. The van der Waals surface area contributed by atoms with E-state index >= 15 is 0 Å². The van der Waals surface area contributed by atoms with Crippen LogP contribution in [0.15, 0.2) is 27.7 Å². The molecule has 1 aromatic carbocycles. The summed E-state index contributed by atoms with van der Waals surface area (Å²) in [5, 5.41) is 8.12. The van der Waals surface area contributed by atoms with E-state index in [1.807, 2.05) is 0 Å². The Morgan fingerprint density at radius 1 is 1.36 bits per heavy atom. The number of nitrogens with one attached hydrogen (secondary N) is 1. The van der Waals surface area contributed by atoms with E-state index in [0.29, 0.717) is 44.3 Å². The van der Waals surface area contributed by atoms with Gasteiger partial charge in [0.1, 0.15) is 17.0 Å². The third-order valence-electron chi connectivity index (χ3n) is 3.10. The third-order valence-corrected chi connectivity index (χ3v) is 4.62. The van der Waals surface area contributed by atoms with Crippen LogP contribution in [-0.4, -0.2) is 28.5 Å². The van der Waals surface area contributed by atoms with Gasteiger partial charge in [0.05, 0.1) is 16.6 Å². The molecule has 1 N–H and O–H groups in total. The maximum atomic E-state index is 12.5. The van der Waals surface area contributed by atoms with Gasteiger partial charge >= 0.3 is 0 Å². The molecule has 114 valence electrons. The minimum absolute atomic E-state index is 0.310. The zero-order valence-electron chi connectivity index (χ0n) is 11.5. The summed E-state index contributed by atoms with van der Waals surface area (Å²) in [6.45, 7) is 2.37. The monoisotopic (exact) mass is 355 g/mol. The molecule has 0 radical (unpaired) electrons. The van der Waals surface area contributed by atoms with Gasteiger partial charge in [-0.1, -0.05) is 46.2 Å². The molecule has 5 nitrogen and oxygen atoms in total. The Labute approximate surface area is 141 Å². The van der Waals surface area contributed by atoms with E-state index in [-0.39, 0.29) is 5.91 Å². The normalized spacial score (nSPS) is 14.0. The molecule has 8 heteroatoms. The zero-order valence-corrected chi connectivity index (χ0v) is 13.8. The van der Waals surface area contributed by atoms with Gasteiger partial charge in [-0.15, -0.1) is 0 Å². The molecule has 22 heavy (non-hydrogen) atoms. The lowest BCUT2D eigenvalue weighted by atomic mass is 10.1. The highest BCUT2D eigenvalue weighted by molar-refractivity contribution is 8.14. The van der Waals surface area contributed by atoms with Crippen LogP contribution in [0.25, 0.3) is 11.3 Å². The first-order valence-corrected chi connectivity index (χ1v) is 8.21. The highest BCUT2D eigenvalue weighted by Gasteiger charge is 2.26. The first kappa shape index (κ1) is 15.4. The summed E-state index contributed by atoms with van der Waals surface area (Å²) >= 11 is 13.9. The summed E-state index contributed by atoms with van der Waals surface area (Å²) in [6.07, 6.45) is 0. The van der Waals surface area contributed by atoms with Gasteiger partial charge in [-0.3, -0.25) is 9.79 Å². The number of nitrogens with zero attached hydrogens (tertiary/aromatic N) is 2. The molecule has 0 bridgehead atoms. The maximum absolute atomic E-state index is 12.5. The number of amidine groups is 1. The van der Waals surface area contributed by atoms with Crippen LogP contribution in [0.1, 0.15) is 16.1 Å². The Hall–Kier alpha value is -1.50. The summed E-state index contributed by atoms with van der Waals surface area (Å²) in [6, 6.07) is 5.10. The molecule has 2 heterocycles. The van der Waals surface area contributed by atoms with Crippen LogP contribution in [0.3, 0.4) is 0 Å². The molecule has 2 aromatic rings. The van der Waals surface area contributed by atoms with Gasteiger partial charge in [-0.25, -0.2) is 0 Å². The first-order chi connectivity index (χ1) is 10.6. The lowest BCUT2D eigenvalue weighted by molar-refractivity contribution is 0.0977. The second kappa shape index (κ2) is 6.32. The minimum atomic E-state index is -0.335. The van der Waals surface area contributed by atoms with Crippen molar-refractivity contribution in [3.8, 4) is 11.3 Å². The van der Waals surface area contributed by atoms with Crippen LogP contribution < -0.4 is 5.32 Å². The lowest BCUT2D eigenvalue weighted by Gasteiger charge is -2.07. The van der Waals surface area contributed by atoms with E-state index in [2.05, 4.69) is 15.5 Å². The summed E-state index contributed by atoms with van der Waals surface area (Å²) in [7, 11) is 0. The van der Waals surface area contributed by atoms with E-state index in [1.54, 1.807) is 25.1 Å². The van der Waals surface area contributed by atoms with Crippen LogP contribution >= 0.6 is 35.0 Å². The number of aliphatic imine (C=N–C) groups is 1. The van der Waals surface area contributed by atoms with Crippen molar-refractivity contribution in [1.82, 2.24) is 10.5 Å². The Kier molecular flexibility index (Phi) is 4.42. The fourth-order valence-corrected chi connectivity index (χ4v) is 3.40. The van der Waals surface area contributed by atoms with Crippen molar-refractivity contribution < 1.29 is 9.32 Å². The maximum Gasteiger partial charge on any atom is 0.263 e. The van der Waals surface area contributed by atoms with Gasteiger partial charge in [0, 0.05) is 11.3 Å². The van der Waals surface area contributed by atoms with Gasteiger partial charge in [0.2, 0.25) is 0 Å². The molecule has 1 amide bonds. The first-order valence-electron chi connectivity index (χ1n) is 6.47. The third kappa shape index (κ3) is 2.86. The van der Waals surface area contributed by atoms with Gasteiger partial charge in [0.25, 0.3) is 5.91 Å². The van der Waals surface area contributed by atoms with E-state index in [9.17, 15) is 4.79 Å². The number of hydrogen-bond donors (Lipinski definition) is 1. The number of benzene rings is 1. The second-order valence-corrected chi connectivity index (χ2v) is 6.45. The van der Waals surface area contributed by atoms with Crippen molar-refractivity contribution in [3.05, 3.63) is 39.6 Å². The lowest BCUT2D eigenvalue weighted by Crippen LogP contribution is -2.28. The van der Waals surface area contributed by atoms with Gasteiger partial charge < -0.3 is 9.84 Å². The fraction of sp³-hybridized carbons (Fsp3) is 0.214. The number of aryl methyl sites for hydroxylation is 1. The van der Waals surface area contributed by atoms with E-state index in [1.165, 1.54) is 11.8 Å². The number of carbonyl (C=O) groups is 1. The van der Waals surface area contributed by atoms with E-state index in [4.69, 9.17) is 27.7 Å². The number of rotatable bonds is 2. The standard InChI is InChI=1S/C14H11Cl2N3O2S/c1-7-10(13(20)18-14-17-5-6-22-14)12(19-21-7)11-8(15)3-2-4-9(11)16/h2-4H,5-6H2,1H3,(H,17,18,20). The summed E-state index contributed by atoms with van der Waals surface area (Å²) in [5.74, 6) is 0.923. The number of hydrogen-bond acceptors (Lipinski definition) is 5. The Bertz CT molecular complexity index is 753. The van der Waals surface area contributed by atoms with Crippen LogP contribution in [0.4, 0.5) is 0 Å². The second-order valence-electron chi connectivity index (χ2n) is 4.55. The highest BCUT2D eigenvalue weighted by atomic mass is 35.5. The molecule has 1 aliphatic heterocycles. The number of aromatic nitrogens is 1. The number of halogens is 2. The summed E-state index contributed by atoms with van der Waals surface area (Å²) in [5.41, 5.74) is 1.12. The zero-order chi connectivity index (χ0) is 15.7. The van der Waals surface area contributed by atoms with Crippen LogP contribution in [0.5, 0.6) is 0 Å². The average molecular weight is 356 g/mol. The van der Waals surface area contributed by atoms with Crippen molar-refractivity contribution in [3.63, 3.8) is 0 Å². The molecule has 0 fully saturated rings. The van der Waals surface area contributed by atoms with Crippen molar-refractivity contribution in [2.45, 2.75) is 6.92 Å². The van der Waals surface area contributed by atoms with Crippen molar-refractivity contribution in [1.29, 1.82) is 0 Å². The molecular formula is C14H11Cl2N3O2S. The molecule has 3 rings (SSSR count). The number of thioether (sulfide) groups is 1. The minimum Gasteiger partial charge on any atom is -0.360 e. The molecule has 0 spiro atoms. The van der Waals surface area contributed by atoms with Crippen molar-refractivity contribution in [2.75, 3.05) is 12.3 Å². The topological polar surface area (TPSA) is 67.5 Å².